The number of thioether (sulfide) groups is 1. The SMILES string of the molecule is CC1CC(C)CN(C(=O)CSc2nnc(-c3ccccc3F)n2CCc2ccccc2)C1. The van der Waals surface area contributed by atoms with E-state index in [0.29, 0.717) is 40.7 Å². The lowest BCUT2D eigenvalue weighted by molar-refractivity contribution is -0.130. The largest absolute Gasteiger partial charge is 0.341 e. The predicted octanol–water partition coefficient (Wildman–Crippen LogP) is 4.92. The zero-order chi connectivity index (χ0) is 22.5. The molecule has 2 heterocycles. The molecule has 2 unspecified atom stereocenters. The van der Waals surface area contributed by atoms with Crippen LogP contribution in [-0.4, -0.2) is 44.4 Å². The summed E-state index contributed by atoms with van der Waals surface area (Å²) in [6.45, 7) is 6.62. The quantitative estimate of drug-likeness (QED) is 0.477. The first kappa shape index (κ1) is 22.5. The van der Waals surface area contributed by atoms with E-state index in [-0.39, 0.29) is 11.7 Å². The van der Waals surface area contributed by atoms with E-state index in [2.05, 4.69) is 36.2 Å². The van der Waals surface area contributed by atoms with Crippen molar-refractivity contribution >= 4 is 17.7 Å². The highest BCUT2D eigenvalue weighted by Crippen LogP contribution is 2.27. The van der Waals surface area contributed by atoms with Crippen LogP contribution in [0, 0.1) is 17.7 Å². The number of aryl methyl sites for hydroxylation is 1. The van der Waals surface area contributed by atoms with Gasteiger partial charge in [0.15, 0.2) is 11.0 Å². The predicted molar refractivity (Wildman–Crippen MR) is 126 cm³/mol. The second kappa shape index (κ2) is 10.3. The molecule has 2 atom stereocenters. The molecular formula is C25H29FN4OS. The number of benzene rings is 2. The van der Waals surface area contributed by atoms with Gasteiger partial charge in [-0.05, 0) is 42.4 Å². The Labute approximate surface area is 193 Å². The molecule has 4 rings (SSSR count). The zero-order valence-corrected chi connectivity index (χ0v) is 19.4. The lowest BCUT2D eigenvalue weighted by Crippen LogP contribution is -2.43. The normalized spacial score (nSPS) is 18.7. The molecule has 1 aromatic heterocycles. The molecule has 7 heteroatoms. The van der Waals surface area contributed by atoms with Gasteiger partial charge in [0.05, 0.1) is 11.3 Å². The molecule has 1 amide bonds. The molecule has 2 aromatic carbocycles. The number of hydrogen-bond donors (Lipinski definition) is 0. The van der Waals surface area contributed by atoms with Gasteiger partial charge in [-0.15, -0.1) is 10.2 Å². The third-order valence-corrected chi connectivity index (χ3v) is 6.80. The van der Waals surface area contributed by atoms with E-state index in [0.717, 1.165) is 25.9 Å². The van der Waals surface area contributed by atoms with Gasteiger partial charge in [0.25, 0.3) is 0 Å². The van der Waals surface area contributed by atoms with Gasteiger partial charge in [0.1, 0.15) is 5.82 Å². The Kier molecular flexibility index (Phi) is 7.25. The van der Waals surface area contributed by atoms with Crippen LogP contribution in [0.2, 0.25) is 0 Å². The van der Waals surface area contributed by atoms with Crippen molar-refractivity contribution in [3.8, 4) is 11.4 Å². The number of amides is 1. The van der Waals surface area contributed by atoms with Crippen molar-refractivity contribution < 1.29 is 9.18 Å². The average Bonchev–Trinajstić information content (AvgIpc) is 3.19. The van der Waals surface area contributed by atoms with E-state index in [1.807, 2.05) is 27.7 Å². The van der Waals surface area contributed by atoms with Crippen LogP contribution in [0.25, 0.3) is 11.4 Å². The Balaban J connectivity index is 1.53. The minimum absolute atomic E-state index is 0.124. The fraction of sp³-hybridized carbons (Fsp3) is 0.400. The Morgan fingerprint density at radius 1 is 1.03 bits per heavy atom. The second-order valence-corrected chi connectivity index (χ2v) is 9.65. The number of rotatable bonds is 7. The van der Waals surface area contributed by atoms with Gasteiger partial charge in [0, 0.05) is 19.6 Å². The van der Waals surface area contributed by atoms with E-state index >= 15 is 0 Å². The molecular weight excluding hydrogens is 423 g/mol. The van der Waals surface area contributed by atoms with Crippen molar-refractivity contribution in [3.63, 3.8) is 0 Å². The third kappa shape index (κ3) is 5.38. The number of nitrogens with zero attached hydrogens (tertiary/aromatic N) is 4. The Morgan fingerprint density at radius 3 is 2.44 bits per heavy atom. The Morgan fingerprint density at radius 2 is 1.72 bits per heavy atom. The van der Waals surface area contributed by atoms with Crippen LogP contribution in [0.3, 0.4) is 0 Å². The molecule has 0 aliphatic carbocycles. The van der Waals surface area contributed by atoms with Gasteiger partial charge < -0.3 is 9.47 Å². The first-order valence-corrected chi connectivity index (χ1v) is 12.1. The molecule has 0 N–H and O–H groups in total. The van der Waals surface area contributed by atoms with Crippen molar-refractivity contribution in [2.75, 3.05) is 18.8 Å². The average molecular weight is 453 g/mol. The highest BCUT2D eigenvalue weighted by molar-refractivity contribution is 7.99. The molecule has 0 saturated carbocycles. The minimum Gasteiger partial charge on any atom is -0.341 e. The van der Waals surface area contributed by atoms with Crippen LogP contribution in [0.5, 0.6) is 0 Å². The number of piperidine rings is 1. The summed E-state index contributed by atoms with van der Waals surface area (Å²) in [6, 6.07) is 16.8. The molecule has 1 aliphatic heterocycles. The second-order valence-electron chi connectivity index (χ2n) is 8.71. The van der Waals surface area contributed by atoms with Crippen molar-refractivity contribution in [3.05, 3.63) is 66.0 Å². The minimum atomic E-state index is -0.329. The fourth-order valence-electron chi connectivity index (χ4n) is 4.41. The van der Waals surface area contributed by atoms with Crippen molar-refractivity contribution in [2.45, 2.75) is 38.4 Å². The summed E-state index contributed by atoms with van der Waals surface area (Å²) >= 11 is 1.38. The molecule has 3 aromatic rings. The molecule has 1 fully saturated rings. The number of aromatic nitrogens is 3. The molecule has 5 nitrogen and oxygen atoms in total. The number of carbonyl (C=O) groups excluding carboxylic acids is 1. The molecule has 0 radical (unpaired) electrons. The number of carbonyl (C=O) groups is 1. The zero-order valence-electron chi connectivity index (χ0n) is 18.6. The number of hydrogen-bond acceptors (Lipinski definition) is 4. The standard InChI is InChI=1S/C25H29FN4OS/c1-18-14-19(2)16-29(15-18)23(31)17-32-25-28-27-24(21-10-6-7-11-22(21)26)30(25)13-12-20-8-4-3-5-9-20/h3-11,18-19H,12-17H2,1-2H3. The Bertz CT molecular complexity index is 1050. The summed E-state index contributed by atoms with van der Waals surface area (Å²) in [4.78, 5) is 14.8. The van der Waals surface area contributed by atoms with Crippen LogP contribution >= 0.6 is 11.8 Å². The fourth-order valence-corrected chi connectivity index (χ4v) is 5.28. The van der Waals surface area contributed by atoms with E-state index in [1.165, 1.54) is 23.4 Å². The number of halogens is 1. The van der Waals surface area contributed by atoms with Gasteiger partial charge in [-0.1, -0.05) is 68.1 Å². The summed E-state index contributed by atoms with van der Waals surface area (Å²) in [5.41, 5.74) is 1.61. The highest BCUT2D eigenvalue weighted by Gasteiger charge is 2.26. The highest BCUT2D eigenvalue weighted by atomic mass is 32.2. The molecule has 0 bridgehead atoms. The van der Waals surface area contributed by atoms with Crippen LogP contribution in [0.1, 0.15) is 25.8 Å². The third-order valence-electron chi connectivity index (χ3n) is 5.84. The first-order valence-electron chi connectivity index (χ1n) is 11.1. The van der Waals surface area contributed by atoms with E-state index in [1.54, 1.807) is 18.2 Å². The topological polar surface area (TPSA) is 51.0 Å². The maximum Gasteiger partial charge on any atom is 0.233 e. The molecule has 32 heavy (non-hydrogen) atoms. The van der Waals surface area contributed by atoms with Gasteiger partial charge >= 0.3 is 0 Å². The molecule has 1 saturated heterocycles. The maximum atomic E-state index is 14.5. The van der Waals surface area contributed by atoms with Gasteiger partial charge in [-0.2, -0.15) is 0 Å². The van der Waals surface area contributed by atoms with E-state index in [9.17, 15) is 9.18 Å². The smallest absolute Gasteiger partial charge is 0.233 e. The van der Waals surface area contributed by atoms with Gasteiger partial charge in [-0.3, -0.25) is 4.79 Å². The van der Waals surface area contributed by atoms with Crippen LogP contribution in [-0.2, 0) is 17.8 Å². The van der Waals surface area contributed by atoms with Crippen LogP contribution in [0.15, 0.2) is 59.8 Å². The maximum absolute atomic E-state index is 14.5. The van der Waals surface area contributed by atoms with Gasteiger partial charge in [-0.25, -0.2) is 4.39 Å². The summed E-state index contributed by atoms with van der Waals surface area (Å²) in [6.07, 6.45) is 1.93. The lowest BCUT2D eigenvalue weighted by Gasteiger charge is -2.35. The molecule has 168 valence electrons. The van der Waals surface area contributed by atoms with Crippen molar-refractivity contribution in [2.24, 2.45) is 11.8 Å². The van der Waals surface area contributed by atoms with Gasteiger partial charge in [0.2, 0.25) is 5.91 Å². The van der Waals surface area contributed by atoms with Crippen LogP contribution < -0.4 is 0 Å². The molecule has 0 spiro atoms. The Hall–Kier alpha value is -2.67. The van der Waals surface area contributed by atoms with Crippen LogP contribution in [0.4, 0.5) is 4.39 Å². The summed E-state index contributed by atoms with van der Waals surface area (Å²) < 4.78 is 16.4. The van der Waals surface area contributed by atoms with Crippen molar-refractivity contribution in [1.29, 1.82) is 0 Å². The monoisotopic (exact) mass is 452 g/mol. The first-order chi connectivity index (χ1) is 15.5. The number of likely N-dealkylation sites (tertiary alicyclic amines) is 1. The van der Waals surface area contributed by atoms with E-state index < -0.39 is 0 Å². The van der Waals surface area contributed by atoms with Crippen molar-refractivity contribution in [1.82, 2.24) is 19.7 Å². The summed E-state index contributed by atoms with van der Waals surface area (Å²) in [7, 11) is 0. The van der Waals surface area contributed by atoms with E-state index in [4.69, 9.17) is 0 Å². The lowest BCUT2D eigenvalue weighted by atomic mass is 9.92. The summed E-state index contributed by atoms with van der Waals surface area (Å²) in [5, 5.41) is 9.28. The molecule has 1 aliphatic rings. The summed E-state index contributed by atoms with van der Waals surface area (Å²) in [5.74, 6) is 1.64.